The average Bonchev–Trinajstić information content (AvgIpc) is 3.15. The lowest BCUT2D eigenvalue weighted by molar-refractivity contribution is 0.211. The fraction of sp³-hybridized carbons (Fsp3) is 0.462. The summed E-state index contributed by atoms with van der Waals surface area (Å²) in [4.78, 5) is 11.5. The van der Waals surface area contributed by atoms with Gasteiger partial charge in [-0.15, -0.1) is 0 Å². The zero-order valence-corrected chi connectivity index (χ0v) is 10.5. The van der Waals surface area contributed by atoms with Crippen molar-refractivity contribution < 1.29 is 9.53 Å². The van der Waals surface area contributed by atoms with Crippen molar-refractivity contribution in [1.82, 2.24) is 5.32 Å². The number of rotatable bonds is 6. The van der Waals surface area contributed by atoms with Gasteiger partial charge in [0.15, 0.2) is 0 Å². The third-order valence-corrected chi connectivity index (χ3v) is 2.69. The molecule has 0 aromatic heterocycles. The highest BCUT2D eigenvalue weighted by Gasteiger charge is 2.22. The number of hydrogen-bond donors (Lipinski definition) is 3. The van der Waals surface area contributed by atoms with Crippen LogP contribution < -0.4 is 16.0 Å². The topological polar surface area (TPSA) is 62.4 Å². The molecule has 0 atom stereocenters. The highest BCUT2D eigenvalue weighted by molar-refractivity contribution is 5.89. The molecule has 0 heterocycles. The first-order chi connectivity index (χ1) is 8.78. The van der Waals surface area contributed by atoms with E-state index in [1.807, 2.05) is 24.3 Å². The van der Waals surface area contributed by atoms with Crippen LogP contribution >= 0.6 is 0 Å². The van der Waals surface area contributed by atoms with Crippen LogP contribution in [-0.2, 0) is 4.74 Å². The third-order valence-electron chi connectivity index (χ3n) is 2.69. The molecule has 1 aromatic rings. The van der Waals surface area contributed by atoms with Crippen molar-refractivity contribution in [1.29, 1.82) is 0 Å². The molecule has 1 aliphatic rings. The number of urea groups is 1. The van der Waals surface area contributed by atoms with Gasteiger partial charge in [0.05, 0.1) is 6.61 Å². The first-order valence-corrected chi connectivity index (χ1v) is 6.18. The molecule has 98 valence electrons. The van der Waals surface area contributed by atoms with Gasteiger partial charge >= 0.3 is 6.03 Å². The summed E-state index contributed by atoms with van der Waals surface area (Å²) in [5.41, 5.74) is 1.81. The summed E-state index contributed by atoms with van der Waals surface area (Å²) >= 11 is 0. The lowest BCUT2D eigenvalue weighted by Gasteiger charge is -2.08. The number of methoxy groups -OCH3 is 1. The van der Waals surface area contributed by atoms with E-state index < -0.39 is 0 Å². The van der Waals surface area contributed by atoms with Crippen LogP contribution in [0, 0.1) is 0 Å². The van der Waals surface area contributed by atoms with Crippen LogP contribution in [0.15, 0.2) is 24.3 Å². The number of carbonyl (C=O) groups excluding carboxylic acids is 1. The second kappa shape index (κ2) is 6.26. The minimum absolute atomic E-state index is 0.127. The van der Waals surface area contributed by atoms with E-state index in [-0.39, 0.29) is 6.03 Å². The number of amides is 2. The van der Waals surface area contributed by atoms with E-state index in [4.69, 9.17) is 4.74 Å². The Balaban J connectivity index is 1.77. The molecule has 3 N–H and O–H groups in total. The molecule has 0 aliphatic heterocycles. The zero-order chi connectivity index (χ0) is 12.8. The number of carbonyl (C=O) groups is 1. The first kappa shape index (κ1) is 12.7. The Morgan fingerprint density at radius 3 is 2.56 bits per heavy atom. The molecule has 5 heteroatoms. The van der Waals surface area contributed by atoms with Crippen LogP contribution in [0.25, 0.3) is 0 Å². The van der Waals surface area contributed by atoms with Crippen LogP contribution in [0.2, 0.25) is 0 Å². The van der Waals surface area contributed by atoms with E-state index >= 15 is 0 Å². The van der Waals surface area contributed by atoms with Crippen molar-refractivity contribution >= 4 is 17.4 Å². The van der Waals surface area contributed by atoms with E-state index in [9.17, 15) is 4.79 Å². The predicted octanol–water partition coefficient (Wildman–Crippen LogP) is 2.03. The third kappa shape index (κ3) is 4.25. The highest BCUT2D eigenvalue weighted by atomic mass is 16.5. The Kier molecular flexibility index (Phi) is 4.41. The molecule has 1 saturated carbocycles. The summed E-state index contributed by atoms with van der Waals surface area (Å²) in [5.74, 6) is 0. The van der Waals surface area contributed by atoms with Crippen LogP contribution in [0.3, 0.4) is 0 Å². The summed E-state index contributed by atoms with van der Waals surface area (Å²) in [6, 6.07) is 7.87. The second-order valence-corrected chi connectivity index (χ2v) is 4.37. The Bertz CT molecular complexity index is 388. The second-order valence-electron chi connectivity index (χ2n) is 4.37. The lowest BCUT2D eigenvalue weighted by atomic mass is 10.3. The number of ether oxygens (including phenoxy) is 1. The van der Waals surface area contributed by atoms with Crippen LogP contribution in [0.1, 0.15) is 12.8 Å². The molecule has 0 saturated heterocycles. The molecule has 5 nitrogen and oxygen atoms in total. The van der Waals surface area contributed by atoms with Crippen molar-refractivity contribution in [3.8, 4) is 0 Å². The van der Waals surface area contributed by atoms with Gasteiger partial charge in [-0.05, 0) is 37.1 Å². The maximum absolute atomic E-state index is 11.5. The van der Waals surface area contributed by atoms with Crippen molar-refractivity contribution in [2.45, 2.75) is 18.9 Å². The summed E-state index contributed by atoms with van der Waals surface area (Å²) < 4.78 is 4.95. The van der Waals surface area contributed by atoms with Gasteiger partial charge in [0, 0.05) is 31.1 Å². The molecule has 1 aromatic carbocycles. The van der Waals surface area contributed by atoms with Gasteiger partial charge in [-0.25, -0.2) is 4.79 Å². The minimum atomic E-state index is -0.127. The molecule has 1 aliphatic carbocycles. The molecule has 18 heavy (non-hydrogen) atoms. The highest BCUT2D eigenvalue weighted by Crippen LogP contribution is 2.19. The van der Waals surface area contributed by atoms with Gasteiger partial charge < -0.3 is 20.7 Å². The van der Waals surface area contributed by atoms with Crippen LogP contribution in [-0.4, -0.2) is 32.3 Å². The van der Waals surface area contributed by atoms with Gasteiger partial charge in [0.2, 0.25) is 0 Å². The van der Waals surface area contributed by atoms with E-state index in [0.717, 1.165) is 30.8 Å². The predicted molar refractivity (Wildman–Crippen MR) is 72.0 cm³/mol. The van der Waals surface area contributed by atoms with E-state index in [2.05, 4.69) is 16.0 Å². The quantitative estimate of drug-likeness (QED) is 0.676. The van der Waals surface area contributed by atoms with Crippen LogP contribution in [0.5, 0.6) is 0 Å². The number of anilines is 2. The molecule has 0 unspecified atom stereocenters. The Morgan fingerprint density at radius 2 is 1.94 bits per heavy atom. The molecule has 2 rings (SSSR count). The maximum atomic E-state index is 11.5. The van der Waals surface area contributed by atoms with E-state index in [1.54, 1.807) is 7.11 Å². The van der Waals surface area contributed by atoms with Crippen molar-refractivity contribution in [3.63, 3.8) is 0 Å². The fourth-order valence-corrected chi connectivity index (χ4v) is 1.55. The van der Waals surface area contributed by atoms with Crippen molar-refractivity contribution in [2.24, 2.45) is 0 Å². The molecule has 0 bridgehead atoms. The summed E-state index contributed by atoms with van der Waals surface area (Å²) in [5, 5.41) is 8.90. The lowest BCUT2D eigenvalue weighted by Crippen LogP contribution is -2.30. The van der Waals surface area contributed by atoms with Crippen molar-refractivity contribution in [2.75, 3.05) is 30.9 Å². The Morgan fingerprint density at radius 1 is 1.28 bits per heavy atom. The summed E-state index contributed by atoms with van der Waals surface area (Å²) in [6.45, 7) is 1.44. The smallest absolute Gasteiger partial charge is 0.319 e. The molecule has 1 fully saturated rings. The largest absolute Gasteiger partial charge is 0.383 e. The van der Waals surface area contributed by atoms with Gasteiger partial charge in [-0.1, -0.05) is 0 Å². The average molecular weight is 249 g/mol. The molecule has 2 amide bonds. The zero-order valence-electron chi connectivity index (χ0n) is 10.5. The minimum Gasteiger partial charge on any atom is -0.383 e. The molecular formula is C13H19N3O2. The first-order valence-electron chi connectivity index (χ1n) is 6.18. The van der Waals surface area contributed by atoms with E-state index in [0.29, 0.717) is 12.6 Å². The van der Waals surface area contributed by atoms with Crippen molar-refractivity contribution in [3.05, 3.63) is 24.3 Å². The standard InChI is InChI=1S/C13H19N3O2/c1-18-9-8-14-10-2-4-11(5-3-10)15-13(17)16-12-6-7-12/h2-5,12,14H,6-9H2,1H3,(H2,15,16,17). The van der Waals surface area contributed by atoms with Gasteiger partial charge in [-0.3, -0.25) is 0 Å². The normalized spacial score (nSPS) is 14.1. The van der Waals surface area contributed by atoms with Gasteiger partial charge in [-0.2, -0.15) is 0 Å². The fourth-order valence-electron chi connectivity index (χ4n) is 1.55. The summed E-state index contributed by atoms with van der Waals surface area (Å²) in [7, 11) is 1.67. The number of nitrogens with one attached hydrogen (secondary N) is 3. The SMILES string of the molecule is COCCNc1ccc(NC(=O)NC2CC2)cc1. The summed E-state index contributed by atoms with van der Waals surface area (Å²) in [6.07, 6.45) is 2.19. The Labute approximate surface area is 107 Å². The maximum Gasteiger partial charge on any atom is 0.319 e. The number of benzene rings is 1. The van der Waals surface area contributed by atoms with Gasteiger partial charge in [0.1, 0.15) is 0 Å². The Hall–Kier alpha value is -1.75. The molecular weight excluding hydrogens is 230 g/mol. The molecule has 0 radical (unpaired) electrons. The monoisotopic (exact) mass is 249 g/mol. The van der Waals surface area contributed by atoms with E-state index in [1.165, 1.54) is 0 Å². The molecule has 0 spiro atoms. The van der Waals surface area contributed by atoms with Crippen LogP contribution in [0.4, 0.5) is 16.2 Å². The number of hydrogen-bond acceptors (Lipinski definition) is 3. The van der Waals surface area contributed by atoms with Gasteiger partial charge in [0.25, 0.3) is 0 Å².